The third kappa shape index (κ3) is 3.56. The molecule has 0 unspecified atom stereocenters. The molecule has 1 aliphatic rings. The number of hydrogen-bond acceptors (Lipinski definition) is 4. The first-order valence-corrected chi connectivity index (χ1v) is 9.16. The predicted molar refractivity (Wildman–Crippen MR) is 103 cm³/mol. The highest BCUT2D eigenvalue weighted by molar-refractivity contribution is 5.89. The van der Waals surface area contributed by atoms with Crippen LogP contribution in [-0.4, -0.2) is 27.6 Å². The van der Waals surface area contributed by atoms with Crippen molar-refractivity contribution in [2.45, 2.75) is 32.7 Å². The summed E-state index contributed by atoms with van der Waals surface area (Å²) in [5, 5.41) is 7.07. The van der Waals surface area contributed by atoms with Gasteiger partial charge in [0, 0.05) is 17.8 Å². The molecule has 2 heterocycles. The van der Waals surface area contributed by atoms with Gasteiger partial charge in [-0.3, -0.25) is 0 Å². The van der Waals surface area contributed by atoms with Crippen LogP contribution in [0.4, 0.5) is 10.5 Å². The van der Waals surface area contributed by atoms with E-state index in [9.17, 15) is 4.79 Å². The van der Waals surface area contributed by atoms with Crippen molar-refractivity contribution in [3.63, 3.8) is 0 Å². The monoisotopic (exact) mass is 362 g/mol. The zero-order valence-corrected chi connectivity index (χ0v) is 15.5. The SMILES string of the molecule is Cc1ccc(NC(=O)N2CCC[C@H]2c2nc(-c3ccccc3)no2)cc1C. The summed E-state index contributed by atoms with van der Waals surface area (Å²) in [4.78, 5) is 19.1. The van der Waals surface area contributed by atoms with Crippen LogP contribution < -0.4 is 5.32 Å². The summed E-state index contributed by atoms with van der Waals surface area (Å²) in [6.45, 7) is 4.76. The van der Waals surface area contributed by atoms with Crippen molar-refractivity contribution in [2.24, 2.45) is 0 Å². The molecule has 1 saturated heterocycles. The van der Waals surface area contributed by atoms with Crippen molar-refractivity contribution in [1.82, 2.24) is 15.0 Å². The number of hydrogen-bond donors (Lipinski definition) is 1. The second kappa shape index (κ2) is 7.23. The Kier molecular flexibility index (Phi) is 4.62. The molecular formula is C21H22N4O2. The third-order valence-corrected chi connectivity index (χ3v) is 5.03. The van der Waals surface area contributed by atoms with Crippen molar-refractivity contribution >= 4 is 11.7 Å². The van der Waals surface area contributed by atoms with Gasteiger partial charge in [-0.2, -0.15) is 4.98 Å². The lowest BCUT2D eigenvalue weighted by Gasteiger charge is -2.22. The molecule has 2 amide bonds. The van der Waals surface area contributed by atoms with Crippen molar-refractivity contribution in [2.75, 3.05) is 11.9 Å². The summed E-state index contributed by atoms with van der Waals surface area (Å²) in [6.07, 6.45) is 1.73. The van der Waals surface area contributed by atoms with Gasteiger partial charge in [0.1, 0.15) is 6.04 Å². The van der Waals surface area contributed by atoms with E-state index in [4.69, 9.17) is 4.52 Å². The molecule has 1 N–H and O–H groups in total. The first kappa shape index (κ1) is 17.3. The molecule has 1 fully saturated rings. The zero-order chi connectivity index (χ0) is 18.8. The standard InChI is InChI=1S/C21H22N4O2/c1-14-10-11-17(13-15(14)2)22-21(26)25-12-6-9-18(25)20-23-19(24-27-20)16-7-4-3-5-8-16/h3-5,7-8,10-11,13,18H,6,9,12H2,1-2H3,(H,22,26)/t18-/m0/s1. The summed E-state index contributed by atoms with van der Waals surface area (Å²) >= 11 is 0. The molecule has 0 spiro atoms. The minimum absolute atomic E-state index is 0.139. The van der Waals surface area contributed by atoms with Gasteiger partial charge in [-0.05, 0) is 49.9 Å². The Morgan fingerprint density at radius 1 is 1.15 bits per heavy atom. The predicted octanol–water partition coefficient (Wildman–Crippen LogP) is 4.72. The molecule has 0 aliphatic carbocycles. The number of urea groups is 1. The fourth-order valence-electron chi connectivity index (χ4n) is 3.36. The van der Waals surface area contributed by atoms with E-state index in [2.05, 4.69) is 22.4 Å². The molecule has 138 valence electrons. The Balaban J connectivity index is 1.51. The fraction of sp³-hybridized carbons (Fsp3) is 0.286. The summed E-state index contributed by atoms with van der Waals surface area (Å²) in [6, 6.07) is 15.3. The number of likely N-dealkylation sites (tertiary alicyclic amines) is 1. The Hall–Kier alpha value is -3.15. The first-order chi connectivity index (χ1) is 13.1. The van der Waals surface area contributed by atoms with Crippen LogP contribution in [0.1, 0.15) is 35.9 Å². The molecule has 1 aromatic heterocycles. The lowest BCUT2D eigenvalue weighted by Crippen LogP contribution is -2.34. The molecule has 3 aromatic rings. The van der Waals surface area contributed by atoms with Crippen molar-refractivity contribution in [1.29, 1.82) is 0 Å². The van der Waals surface area contributed by atoms with Gasteiger partial charge in [-0.1, -0.05) is 41.6 Å². The summed E-state index contributed by atoms with van der Waals surface area (Å²) in [5.41, 5.74) is 4.04. The van der Waals surface area contributed by atoms with Crippen LogP contribution in [0, 0.1) is 13.8 Å². The maximum atomic E-state index is 12.8. The van der Waals surface area contributed by atoms with E-state index < -0.39 is 0 Å². The van der Waals surface area contributed by atoms with Crippen molar-refractivity contribution < 1.29 is 9.32 Å². The van der Waals surface area contributed by atoms with E-state index >= 15 is 0 Å². The van der Waals surface area contributed by atoms with E-state index in [0.717, 1.165) is 29.7 Å². The maximum absolute atomic E-state index is 12.8. The van der Waals surface area contributed by atoms with Crippen LogP contribution in [0.25, 0.3) is 11.4 Å². The average molecular weight is 362 g/mol. The molecule has 6 heteroatoms. The van der Waals surface area contributed by atoms with E-state index in [-0.39, 0.29) is 12.1 Å². The molecule has 0 saturated carbocycles. The normalized spacial score (nSPS) is 16.5. The van der Waals surface area contributed by atoms with E-state index in [0.29, 0.717) is 18.3 Å². The fourth-order valence-corrected chi connectivity index (χ4v) is 3.36. The van der Waals surface area contributed by atoms with E-state index in [1.165, 1.54) is 5.56 Å². The highest BCUT2D eigenvalue weighted by Crippen LogP contribution is 2.32. The minimum atomic E-state index is -0.193. The molecular weight excluding hydrogens is 340 g/mol. The largest absolute Gasteiger partial charge is 0.337 e. The Morgan fingerprint density at radius 3 is 2.74 bits per heavy atom. The molecule has 1 atom stereocenters. The number of rotatable bonds is 3. The van der Waals surface area contributed by atoms with Gasteiger partial charge in [-0.25, -0.2) is 4.79 Å². The van der Waals surface area contributed by atoms with Crippen LogP contribution >= 0.6 is 0 Å². The lowest BCUT2D eigenvalue weighted by atomic mass is 10.1. The molecule has 1 aliphatic heterocycles. The van der Waals surface area contributed by atoms with Crippen LogP contribution in [0.5, 0.6) is 0 Å². The van der Waals surface area contributed by atoms with E-state index in [1.807, 2.05) is 55.5 Å². The average Bonchev–Trinajstić information content (AvgIpc) is 3.34. The van der Waals surface area contributed by atoms with Gasteiger partial charge in [0.2, 0.25) is 11.7 Å². The highest BCUT2D eigenvalue weighted by Gasteiger charge is 2.34. The Morgan fingerprint density at radius 2 is 1.96 bits per heavy atom. The second-order valence-corrected chi connectivity index (χ2v) is 6.90. The van der Waals surface area contributed by atoms with Gasteiger partial charge >= 0.3 is 6.03 Å². The summed E-state index contributed by atoms with van der Waals surface area (Å²) in [7, 11) is 0. The number of nitrogens with zero attached hydrogens (tertiary/aromatic N) is 3. The lowest BCUT2D eigenvalue weighted by molar-refractivity contribution is 0.193. The maximum Gasteiger partial charge on any atom is 0.322 e. The quantitative estimate of drug-likeness (QED) is 0.732. The van der Waals surface area contributed by atoms with Crippen LogP contribution in [0.3, 0.4) is 0 Å². The molecule has 27 heavy (non-hydrogen) atoms. The number of carbonyl (C=O) groups excluding carboxylic acids is 1. The van der Waals surface area contributed by atoms with Gasteiger partial charge in [0.25, 0.3) is 0 Å². The van der Waals surface area contributed by atoms with E-state index in [1.54, 1.807) is 4.90 Å². The second-order valence-electron chi connectivity index (χ2n) is 6.90. The van der Waals surface area contributed by atoms with Crippen molar-refractivity contribution in [3.05, 3.63) is 65.5 Å². The number of aromatic nitrogens is 2. The van der Waals surface area contributed by atoms with Crippen LogP contribution in [0.2, 0.25) is 0 Å². The van der Waals surface area contributed by atoms with Gasteiger partial charge in [-0.15, -0.1) is 0 Å². The van der Waals surface area contributed by atoms with Crippen LogP contribution in [-0.2, 0) is 0 Å². The Labute approximate surface area is 158 Å². The number of anilines is 1. The number of benzene rings is 2. The minimum Gasteiger partial charge on any atom is -0.337 e. The van der Waals surface area contributed by atoms with Gasteiger partial charge in [0.15, 0.2) is 0 Å². The molecule has 6 nitrogen and oxygen atoms in total. The van der Waals surface area contributed by atoms with Crippen LogP contribution in [0.15, 0.2) is 53.1 Å². The number of nitrogens with one attached hydrogen (secondary N) is 1. The zero-order valence-electron chi connectivity index (χ0n) is 15.5. The smallest absolute Gasteiger partial charge is 0.322 e. The Bertz CT molecular complexity index is 952. The highest BCUT2D eigenvalue weighted by atomic mass is 16.5. The molecule has 0 radical (unpaired) electrons. The number of aryl methyl sites for hydroxylation is 2. The number of carbonyl (C=O) groups is 1. The first-order valence-electron chi connectivity index (χ1n) is 9.16. The number of amides is 2. The molecule has 2 aromatic carbocycles. The van der Waals surface area contributed by atoms with Gasteiger partial charge in [0.05, 0.1) is 0 Å². The topological polar surface area (TPSA) is 71.3 Å². The molecule has 4 rings (SSSR count). The third-order valence-electron chi connectivity index (χ3n) is 5.03. The van der Waals surface area contributed by atoms with Crippen molar-refractivity contribution in [3.8, 4) is 11.4 Å². The summed E-state index contributed by atoms with van der Waals surface area (Å²) < 4.78 is 5.49. The van der Waals surface area contributed by atoms with Gasteiger partial charge < -0.3 is 14.7 Å². The summed E-state index contributed by atoms with van der Waals surface area (Å²) in [5.74, 6) is 1.04. The molecule has 0 bridgehead atoms.